The topological polar surface area (TPSA) is 29.5 Å². The number of rotatable bonds is 8. The maximum absolute atomic E-state index is 11.7. The summed E-state index contributed by atoms with van der Waals surface area (Å²) in [6.45, 7) is 5.54. The molecule has 128 valence electrons. The number of thioether (sulfide) groups is 1. The van der Waals surface area contributed by atoms with Crippen LogP contribution in [-0.4, -0.2) is 42.9 Å². The Morgan fingerprint density at radius 2 is 1.96 bits per heavy atom. The third kappa shape index (κ3) is 6.74. The lowest BCUT2D eigenvalue weighted by atomic mass is 9.97. The van der Waals surface area contributed by atoms with Crippen molar-refractivity contribution in [1.29, 1.82) is 0 Å². The number of esters is 1. The number of nitrogens with zero attached hydrogens (tertiary/aromatic N) is 1. The first-order valence-electron chi connectivity index (χ1n) is 8.46. The fraction of sp³-hybridized carbons (Fsp3) is 0.611. The Morgan fingerprint density at radius 1 is 1.26 bits per heavy atom. The van der Waals surface area contributed by atoms with Gasteiger partial charge >= 0.3 is 5.97 Å². The number of benzene rings is 1. The van der Waals surface area contributed by atoms with Gasteiger partial charge in [0, 0.05) is 9.92 Å². The lowest BCUT2D eigenvalue weighted by Crippen LogP contribution is -2.37. The number of hydrogen-bond donors (Lipinski definition) is 0. The minimum atomic E-state index is -0.00786. The Bertz CT molecular complexity index is 472. The maximum atomic E-state index is 11.7. The van der Waals surface area contributed by atoms with Crippen LogP contribution < -0.4 is 0 Å². The van der Waals surface area contributed by atoms with Gasteiger partial charge in [-0.05, 0) is 82.3 Å². The summed E-state index contributed by atoms with van der Waals surface area (Å²) >= 11 is 7.77. The predicted molar refractivity (Wildman–Crippen MR) is 97.2 cm³/mol. The Morgan fingerprint density at radius 3 is 2.61 bits per heavy atom. The van der Waals surface area contributed by atoms with E-state index in [0.717, 1.165) is 43.3 Å². The van der Waals surface area contributed by atoms with E-state index in [9.17, 15) is 4.79 Å². The first kappa shape index (κ1) is 18.6. The fourth-order valence-electron chi connectivity index (χ4n) is 2.81. The van der Waals surface area contributed by atoms with Gasteiger partial charge in [0.05, 0.1) is 12.5 Å². The molecule has 3 nitrogen and oxygen atoms in total. The zero-order valence-corrected chi connectivity index (χ0v) is 15.4. The number of halogens is 1. The number of piperidine rings is 1. The van der Waals surface area contributed by atoms with Crippen LogP contribution in [0.1, 0.15) is 32.6 Å². The van der Waals surface area contributed by atoms with Crippen molar-refractivity contribution in [3.05, 3.63) is 29.3 Å². The van der Waals surface area contributed by atoms with Crippen molar-refractivity contribution in [3.8, 4) is 0 Å². The summed E-state index contributed by atoms with van der Waals surface area (Å²) in [7, 11) is 0. The van der Waals surface area contributed by atoms with Crippen LogP contribution in [-0.2, 0) is 9.53 Å². The van der Waals surface area contributed by atoms with Crippen molar-refractivity contribution >= 4 is 29.3 Å². The molecule has 1 aliphatic heterocycles. The summed E-state index contributed by atoms with van der Waals surface area (Å²) in [5, 5.41) is 0.792. The third-order valence-corrected chi connectivity index (χ3v) is 5.51. The van der Waals surface area contributed by atoms with E-state index in [1.807, 2.05) is 30.8 Å². The first-order valence-corrected chi connectivity index (χ1v) is 9.82. The number of hydrogen-bond acceptors (Lipinski definition) is 4. The molecular weight excluding hydrogens is 330 g/mol. The Balaban J connectivity index is 1.54. The SMILES string of the molecule is CCOC(=O)C1CCN(CCCCSc2ccc(Cl)cc2)CC1. The lowest BCUT2D eigenvalue weighted by molar-refractivity contribution is -0.149. The molecule has 0 amide bonds. The molecule has 2 rings (SSSR count). The zero-order valence-electron chi connectivity index (χ0n) is 13.8. The van der Waals surface area contributed by atoms with Gasteiger partial charge in [0.25, 0.3) is 0 Å². The summed E-state index contributed by atoms with van der Waals surface area (Å²) in [6, 6.07) is 8.04. The van der Waals surface area contributed by atoms with Crippen molar-refractivity contribution in [3.63, 3.8) is 0 Å². The Hall–Kier alpha value is -0.710. The van der Waals surface area contributed by atoms with Crippen LogP contribution in [0.25, 0.3) is 0 Å². The van der Waals surface area contributed by atoms with E-state index in [1.165, 1.54) is 17.7 Å². The van der Waals surface area contributed by atoms with E-state index in [-0.39, 0.29) is 11.9 Å². The van der Waals surface area contributed by atoms with Crippen LogP contribution in [0, 0.1) is 5.92 Å². The normalized spacial score (nSPS) is 16.4. The van der Waals surface area contributed by atoms with E-state index in [1.54, 1.807) is 0 Å². The Labute approximate surface area is 148 Å². The van der Waals surface area contributed by atoms with Gasteiger partial charge in [-0.2, -0.15) is 0 Å². The molecule has 1 saturated heterocycles. The maximum Gasteiger partial charge on any atom is 0.309 e. The second-order valence-corrected chi connectivity index (χ2v) is 7.48. The number of carbonyl (C=O) groups excluding carboxylic acids is 1. The van der Waals surface area contributed by atoms with E-state index >= 15 is 0 Å². The molecule has 0 saturated carbocycles. The molecule has 0 unspecified atom stereocenters. The second kappa shape index (κ2) is 10.2. The highest BCUT2D eigenvalue weighted by molar-refractivity contribution is 7.99. The van der Waals surface area contributed by atoms with Crippen molar-refractivity contribution in [2.45, 2.75) is 37.5 Å². The van der Waals surface area contributed by atoms with Crippen LogP contribution in [0.2, 0.25) is 5.02 Å². The monoisotopic (exact) mass is 355 g/mol. The van der Waals surface area contributed by atoms with E-state index < -0.39 is 0 Å². The average Bonchev–Trinajstić information content (AvgIpc) is 2.57. The summed E-state index contributed by atoms with van der Waals surface area (Å²) in [5.41, 5.74) is 0. The highest BCUT2D eigenvalue weighted by atomic mass is 35.5. The molecule has 1 fully saturated rings. The molecule has 1 heterocycles. The summed E-state index contributed by atoms with van der Waals surface area (Å²) in [4.78, 5) is 15.5. The molecule has 0 radical (unpaired) electrons. The number of unbranched alkanes of at least 4 members (excludes halogenated alkanes) is 1. The van der Waals surface area contributed by atoms with E-state index in [4.69, 9.17) is 16.3 Å². The first-order chi connectivity index (χ1) is 11.2. The summed E-state index contributed by atoms with van der Waals surface area (Å²) in [6.07, 6.45) is 4.31. The molecule has 0 spiro atoms. The minimum absolute atomic E-state index is 0.00786. The standard InChI is InChI=1S/C18H26ClNO2S/c1-2-22-18(21)15-9-12-20(13-10-15)11-3-4-14-23-17-7-5-16(19)6-8-17/h5-8,15H,2-4,9-14H2,1H3. The number of carbonyl (C=O) groups is 1. The van der Waals surface area contributed by atoms with Crippen molar-refractivity contribution in [2.75, 3.05) is 32.0 Å². The van der Waals surface area contributed by atoms with Crippen LogP contribution in [0.15, 0.2) is 29.2 Å². The predicted octanol–water partition coefficient (Wildman–Crippen LogP) is 4.49. The second-order valence-electron chi connectivity index (χ2n) is 5.88. The lowest BCUT2D eigenvalue weighted by Gasteiger charge is -2.30. The molecular formula is C18H26ClNO2S. The van der Waals surface area contributed by atoms with Gasteiger partial charge in [-0.15, -0.1) is 11.8 Å². The van der Waals surface area contributed by atoms with Gasteiger partial charge in [-0.3, -0.25) is 4.79 Å². The van der Waals surface area contributed by atoms with Gasteiger partial charge in [0.15, 0.2) is 0 Å². The van der Waals surface area contributed by atoms with Crippen LogP contribution in [0.4, 0.5) is 0 Å². The third-order valence-electron chi connectivity index (χ3n) is 4.16. The molecule has 0 atom stereocenters. The van der Waals surface area contributed by atoms with Gasteiger partial charge in [0.2, 0.25) is 0 Å². The van der Waals surface area contributed by atoms with Crippen LogP contribution in [0.5, 0.6) is 0 Å². The summed E-state index contributed by atoms with van der Waals surface area (Å²) in [5.74, 6) is 1.25. The molecule has 1 aromatic carbocycles. The molecule has 0 bridgehead atoms. The largest absolute Gasteiger partial charge is 0.466 e. The van der Waals surface area contributed by atoms with Gasteiger partial charge in [-0.25, -0.2) is 0 Å². The van der Waals surface area contributed by atoms with Crippen molar-refractivity contribution in [2.24, 2.45) is 5.92 Å². The average molecular weight is 356 g/mol. The smallest absolute Gasteiger partial charge is 0.309 e. The summed E-state index contributed by atoms with van der Waals surface area (Å²) < 4.78 is 5.11. The van der Waals surface area contributed by atoms with Crippen molar-refractivity contribution < 1.29 is 9.53 Å². The highest BCUT2D eigenvalue weighted by Crippen LogP contribution is 2.22. The Kier molecular flexibility index (Phi) is 8.27. The van der Waals surface area contributed by atoms with E-state index in [0.29, 0.717) is 6.61 Å². The highest BCUT2D eigenvalue weighted by Gasteiger charge is 2.25. The zero-order chi connectivity index (χ0) is 16.5. The fourth-order valence-corrected chi connectivity index (χ4v) is 3.85. The van der Waals surface area contributed by atoms with Gasteiger partial charge < -0.3 is 9.64 Å². The molecule has 1 aromatic rings. The quantitative estimate of drug-likeness (QED) is 0.390. The van der Waals surface area contributed by atoms with Crippen molar-refractivity contribution in [1.82, 2.24) is 4.90 Å². The number of ether oxygens (including phenoxy) is 1. The molecule has 0 N–H and O–H groups in total. The van der Waals surface area contributed by atoms with Crippen LogP contribution in [0.3, 0.4) is 0 Å². The van der Waals surface area contributed by atoms with Gasteiger partial charge in [0.1, 0.15) is 0 Å². The number of likely N-dealkylation sites (tertiary alicyclic amines) is 1. The minimum Gasteiger partial charge on any atom is -0.466 e. The molecule has 5 heteroatoms. The molecule has 1 aliphatic rings. The van der Waals surface area contributed by atoms with E-state index in [2.05, 4.69) is 17.0 Å². The van der Waals surface area contributed by atoms with Crippen LogP contribution >= 0.6 is 23.4 Å². The van der Waals surface area contributed by atoms with Gasteiger partial charge in [-0.1, -0.05) is 11.6 Å². The molecule has 0 aromatic heterocycles. The molecule has 0 aliphatic carbocycles. The molecule has 23 heavy (non-hydrogen) atoms.